The quantitative estimate of drug-likeness (QED) is 0.698. The first-order chi connectivity index (χ1) is 12.8. The van der Waals surface area contributed by atoms with Crippen LogP contribution in [0.25, 0.3) is 10.8 Å². The maximum atomic E-state index is 12.3. The average molecular weight is 376 g/mol. The predicted octanol–water partition coefficient (Wildman–Crippen LogP) is 1.48. The largest absolute Gasteiger partial charge is 0.497 e. The molecule has 8 heteroatoms. The summed E-state index contributed by atoms with van der Waals surface area (Å²) in [4.78, 5) is 34.9. The minimum absolute atomic E-state index is 0.592. The van der Waals surface area contributed by atoms with Gasteiger partial charge in [0.05, 0.1) is 20.1 Å². The van der Waals surface area contributed by atoms with E-state index in [1.807, 2.05) is 12.1 Å². The minimum Gasteiger partial charge on any atom is -0.497 e. The number of hydrogen-bond acceptors (Lipinski definition) is 7. The highest BCUT2D eigenvalue weighted by Crippen LogP contribution is 2.26. The highest BCUT2D eigenvalue weighted by molar-refractivity contribution is 5.89. The van der Waals surface area contributed by atoms with Crippen LogP contribution in [0.3, 0.4) is 0 Å². The Balaban J connectivity index is 2.21. The van der Waals surface area contributed by atoms with Gasteiger partial charge in [-0.15, -0.1) is 0 Å². The molecular weight excluding hydrogens is 356 g/mol. The summed E-state index contributed by atoms with van der Waals surface area (Å²) in [6.45, 7) is 1.54. The molecule has 144 valence electrons. The van der Waals surface area contributed by atoms with E-state index in [0.29, 0.717) is 11.3 Å². The molecule has 0 saturated heterocycles. The number of carbonyl (C=O) groups is 3. The second-order valence-electron chi connectivity index (χ2n) is 5.86. The van der Waals surface area contributed by atoms with Crippen molar-refractivity contribution in [3.8, 4) is 5.75 Å². The number of aliphatic hydroxyl groups excluding tert-OH is 1. The number of esters is 2. The van der Waals surface area contributed by atoms with Gasteiger partial charge in [0.25, 0.3) is 0 Å². The molecule has 0 spiro atoms. The van der Waals surface area contributed by atoms with Gasteiger partial charge in [0.2, 0.25) is 6.10 Å². The summed E-state index contributed by atoms with van der Waals surface area (Å²) in [6, 6.07) is 10.7. The van der Waals surface area contributed by atoms with E-state index in [1.54, 1.807) is 31.4 Å². The van der Waals surface area contributed by atoms with Gasteiger partial charge in [0.1, 0.15) is 5.75 Å². The van der Waals surface area contributed by atoms with Gasteiger partial charge in [-0.25, -0.2) is 9.59 Å². The molecule has 8 nitrogen and oxygen atoms in total. The SMILES string of the molecule is COC(=O)[C@H](O)[C@@H](OC(=O)C(C)c1ccc2cc(OC)ccc2c1)C(=O)O. The van der Waals surface area contributed by atoms with Crippen LogP contribution in [-0.2, 0) is 23.9 Å². The molecule has 2 N–H and O–H groups in total. The van der Waals surface area contributed by atoms with E-state index in [9.17, 15) is 19.5 Å². The molecule has 0 saturated carbocycles. The summed E-state index contributed by atoms with van der Waals surface area (Å²) in [5.74, 6) is -3.87. The van der Waals surface area contributed by atoms with Crippen LogP contribution in [0.1, 0.15) is 18.4 Å². The summed E-state index contributed by atoms with van der Waals surface area (Å²) >= 11 is 0. The van der Waals surface area contributed by atoms with E-state index in [-0.39, 0.29) is 0 Å². The fourth-order valence-electron chi connectivity index (χ4n) is 2.50. The summed E-state index contributed by atoms with van der Waals surface area (Å²) in [5, 5.41) is 20.6. The predicted molar refractivity (Wildman–Crippen MR) is 94.5 cm³/mol. The maximum Gasteiger partial charge on any atom is 0.348 e. The molecule has 2 aromatic rings. The fourth-order valence-corrected chi connectivity index (χ4v) is 2.50. The number of fused-ring (bicyclic) bond motifs is 1. The van der Waals surface area contributed by atoms with Crippen LogP contribution in [0.15, 0.2) is 36.4 Å². The highest BCUT2D eigenvalue weighted by Gasteiger charge is 2.37. The fraction of sp³-hybridized carbons (Fsp3) is 0.316. The van der Waals surface area contributed by atoms with Crippen LogP contribution in [0.4, 0.5) is 0 Å². The lowest BCUT2D eigenvalue weighted by Gasteiger charge is -2.20. The Morgan fingerprint density at radius 1 is 0.963 bits per heavy atom. The van der Waals surface area contributed by atoms with Gasteiger partial charge in [-0.1, -0.05) is 24.3 Å². The van der Waals surface area contributed by atoms with E-state index in [2.05, 4.69) is 4.74 Å². The molecule has 0 aromatic heterocycles. The Morgan fingerprint density at radius 3 is 2.19 bits per heavy atom. The molecule has 1 unspecified atom stereocenters. The van der Waals surface area contributed by atoms with Gasteiger partial charge in [-0.05, 0) is 35.4 Å². The van der Waals surface area contributed by atoms with Crippen molar-refractivity contribution in [2.75, 3.05) is 14.2 Å². The molecule has 0 radical (unpaired) electrons. The van der Waals surface area contributed by atoms with Gasteiger partial charge < -0.3 is 24.4 Å². The number of carbonyl (C=O) groups excluding carboxylic acids is 2. The van der Waals surface area contributed by atoms with Crippen molar-refractivity contribution in [3.63, 3.8) is 0 Å². The second-order valence-corrected chi connectivity index (χ2v) is 5.86. The normalized spacial score (nSPS) is 14.1. The van der Waals surface area contributed by atoms with Crippen molar-refractivity contribution in [3.05, 3.63) is 42.0 Å². The standard InChI is InChI=1S/C19H20O8/c1-10(18(23)27-16(17(21)22)15(20)19(24)26-3)11-4-5-13-9-14(25-2)7-6-12(13)8-11/h4-10,15-16,20H,1-3H3,(H,21,22)/t10?,15-,16-/m1/s1. The molecule has 0 heterocycles. The van der Waals surface area contributed by atoms with Gasteiger partial charge in [0, 0.05) is 0 Å². The Hall–Kier alpha value is -3.13. The smallest absolute Gasteiger partial charge is 0.348 e. The van der Waals surface area contributed by atoms with Crippen molar-refractivity contribution in [1.29, 1.82) is 0 Å². The van der Waals surface area contributed by atoms with Crippen LogP contribution in [0, 0.1) is 0 Å². The van der Waals surface area contributed by atoms with Gasteiger partial charge in [0.15, 0.2) is 6.10 Å². The number of aliphatic hydroxyl groups is 1. The number of benzene rings is 2. The molecule has 2 aromatic carbocycles. The van der Waals surface area contributed by atoms with Crippen molar-refractivity contribution >= 4 is 28.7 Å². The number of rotatable bonds is 7. The van der Waals surface area contributed by atoms with E-state index in [1.165, 1.54) is 6.92 Å². The van der Waals surface area contributed by atoms with Crippen LogP contribution >= 0.6 is 0 Å². The highest BCUT2D eigenvalue weighted by atomic mass is 16.6. The van der Waals surface area contributed by atoms with E-state index < -0.39 is 36.0 Å². The molecule has 0 fully saturated rings. The van der Waals surface area contributed by atoms with E-state index in [0.717, 1.165) is 17.9 Å². The van der Waals surface area contributed by atoms with Crippen molar-refractivity contribution < 1.29 is 38.8 Å². The molecule has 0 amide bonds. The first kappa shape index (κ1) is 20.2. The third-order valence-corrected chi connectivity index (χ3v) is 4.14. The maximum absolute atomic E-state index is 12.3. The number of carboxylic acids is 1. The molecule has 0 bridgehead atoms. The Kier molecular flexibility index (Phi) is 6.36. The van der Waals surface area contributed by atoms with Crippen molar-refractivity contribution in [1.82, 2.24) is 0 Å². The van der Waals surface area contributed by atoms with Crippen LogP contribution < -0.4 is 4.74 Å². The van der Waals surface area contributed by atoms with Crippen LogP contribution in [0.5, 0.6) is 5.75 Å². The van der Waals surface area contributed by atoms with Crippen LogP contribution in [-0.4, -0.2) is 54.5 Å². The third kappa shape index (κ3) is 4.53. The zero-order valence-corrected chi connectivity index (χ0v) is 15.0. The van der Waals surface area contributed by atoms with Crippen LogP contribution in [0.2, 0.25) is 0 Å². The monoisotopic (exact) mass is 376 g/mol. The van der Waals surface area contributed by atoms with E-state index in [4.69, 9.17) is 14.6 Å². The summed E-state index contributed by atoms with van der Waals surface area (Å²) in [6.07, 6.45) is -4.18. The summed E-state index contributed by atoms with van der Waals surface area (Å²) in [5.41, 5.74) is 0.592. The molecule has 3 atom stereocenters. The number of carboxylic acid groups (broad SMARTS) is 1. The molecular formula is C19H20O8. The number of hydrogen-bond donors (Lipinski definition) is 2. The Bertz CT molecular complexity index is 860. The summed E-state index contributed by atoms with van der Waals surface area (Å²) < 4.78 is 14.3. The zero-order valence-electron chi connectivity index (χ0n) is 15.0. The molecule has 0 aliphatic heterocycles. The lowest BCUT2D eigenvalue weighted by Crippen LogP contribution is -2.44. The minimum atomic E-state index is -2.12. The molecule has 27 heavy (non-hydrogen) atoms. The summed E-state index contributed by atoms with van der Waals surface area (Å²) in [7, 11) is 2.55. The lowest BCUT2D eigenvalue weighted by atomic mass is 9.97. The number of ether oxygens (including phenoxy) is 3. The van der Waals surface area contributed by atoms with Gasteiger partial charge in [-0.2, -0.15) is 0 Å². The topological polar surface area (TPSA) is 119 Å². The molecule has 2 rings (SSSR count). The Labute approximate surface area is 155 Å². The number of methoxy groups -OCH3 is 2. The molecule has 0 aliphatic rings. The number of aliphatic carboxylic acids is 1. The zero-order chi connectivity index (χ0) is 20.1. The van der Waals surface area contributed by atoms with E-state index >= 15 is 0 Å². The van der Waals surface area contributed by atoms with Crippen molar-refractivity contribution in [2.24, 2.45) is 0 Å². The third-order valence-electron chi connectivity index (χ3n) is 4.14. The first-order valence-corrected chi connectivity index (χ1v) is 8.05. The van der Waals surface area contributed by atoms with Gasteiger partial charge >= 0.3 is 17.9 Å². The van der Waals surface area contributed by atoms with Crippen molar-refractivity contribution in [2.45, 2.75) is 25.0 Å². The Morgan fingerprint density at radius 2 is 1.59 bits per heavy atom. The average Bonchev–Trinajstić information content (AvgIpc) is 2.68. The lowest BCUT2D eigenvalue weighted by molar-refractivity contribution is -0.180. The molecule has 0 aliphatic carbocycles. The first-order valence-electron chi connectivity index (χ1n) is 8.05. The van der Waals surface area contributed by atoms with Gasteiger partial charge in [-0.3, -0.25) is 4.79 Å². The second kappa shape index (κ2) is 8.50.